The first-order valence-electron chi connectivity index (χ1n) is 8.48. The lowest BCUT2D eigenvalue weighted by atomic mass is 10.2. The summed E-state index contributed by atoms with van der Waals surface area (Å²) >= 11 is 1.50. The average Bonchev–Trinajstić information content (AvgIpc) is 3.33. The lowest BCUT2D eigenvalue weighted by Crippen LogP contribution is -1.94. The Kier molecular flexibility index (Phi) is 4.97. The Morgan fingerprint density at radius 3 is 2.89 bits per heavy atom. The summed E-state index contributed by atoms with van der Waals surface area (Å²) in [6.07, 6.45) is 0. The van der Waals surface area contributed by atoms with Crippen LogP contribution in [0, 0.1) is 0 Å². The number of nitrogens with one attached hydrogen (secondary N) is 1. The van der Waals surface area contributed by atoms with Gasteiger partial charge in [-0.05, 0) is 31.2 Å². The summed E-state index contributed by atoms with van der Waals surface area (Å²) in [5, 5.41) is 4.87. The molecule has 2 aromatic heterocycles. The van der Waals surface area contributed by atoms with E-state index in [1.165, 1.54) is 11.8 Å². The van der Waals surface area contributed by atoms with Gasteiger partial charge in [-0.1, -0.05) is 29.1 Å². The van der Waals surface area contributed by atoms with Crippen LogP contribution in [0.5, 0.6) is 11.5 Å². The molecule has 0 atom stereocenters. The second-order valence-electron chi connectivity index (χ2n) is 5.65. The minimum Gasteiger partial charge on any atom is -0.497 e. The Bertz CT molecular complexity index is 1060. The molecule has 2 aromatic carbocycles. The SMILES string of the molecule is CCOc1ccccc1-c1noc(CSc2nc3ccc(OC)cc3[nH]2)n1. The predicted octanol–water partition coefficient (Wildman–Crippen LogP) is 4.31. The summed E-state index contributed by atoms with van der Waals surface area (Å²) in [6.45, 7) is 2.52. The second-order valence-corrected chi connectivity index (χ2v) is 6.62. The van der Waals surface area contributed by atoms with Crippen molar-refractivity contribution in [3.8, 4) is 22.9 Å². The monoisotopic (exact) mass is 382 g/mol. The van der Waals surface area contributed by atoms with Crippen molar-refractivity contribution in [1.82, 2.24) is 20.1 Å². The molecule has 0 saturated heterocycles. The number of para-hydroxylation sites is 1. The topological polar surface area (TPSA) is 86.1 Å². The smallest absolute Gasteiger partial charge is 0.237 e. The Hall–Kier alpha value is -3.00. The zero-order valence-electron chi connectivity index (χ0n) is 14.9. The fourth-order valence-electron chi connectivity index (χ4n) is 2.65. The van der Waals surface area contributed by atoms with Gasteiger partial charge in [0.25, 0.3) is 0 Å². The molecule has 0 aliphatic heterocycles. The molecule has 0 fully saturated rings. The maximum atomic E-state index is 5.63. The third kappa shape index (κ3) is 3.75. The van der Waals surface area contributed by atoms with E-state index in [1.807, 2.05) is 49.4 Å². The molecule has 2 heterocycles. The molecule has 138 valence electrons. The molecule has 0 bridgehead atoms. The number of thioether (sulfide) groups is 1. The molecule has 8 heteroatoms. The highest BCUT2D eigenvalue weighted by Crippen LogP contribution is 2.29. The van der Waals surface area contributed by atoms with Gasteiger partial charge in [0.2, 0.25) is 11.7 Å². The predicted molar refractivity (Wildman–Crippen MR) is 103 cm³/mol. The molecular weight excluding hydrogens is 364 g/mol. The van der Waals surface area contributed by atoms with Gasteiger partial charge in [0.15, 0.2) is 5.16 Å². The van der Waals surface area contributed by atoms with E-state index in [2.05, 4.69) is 20.1 Å². The first kappa shape index (κ1) is 17.4. The quantitative estimate of drug-likeness (QED) is 0.477. The maximum absolute atomic E-state index is 5.63. The highest BCUT2D eigenvalue weighted by Gasteiger charge is 2.14. The number of aromatic nitrogens is 4. The number of fused-ring (bicyclic) bond motifs is 1. The van der Waals surface area contributed by atoms with Crippen molar-refractivity contribution in [2.75, 3.05) is 13.7 Å². The number of aromatic amines is 1. The molecule has 1 N–H and O–H groups in total. The number of hydrogen-bond acceptors (Lipinski definition) is 7. The molecule has 0 aliphatic carbocycles. The Labute approximate surface area is 160 Å². The van der Waals surface area contributed by atoms with Crippen LogP contribution >= 0.6 is 11.8 Å². The Balaban J connectivity index is 1.49. The van der Waals surface area contributed by atoms with Crippen LogP contribution in [-0.4, -0.2) is 33.8 Å². The van der Waals surface area contributed by atoms with Crippen molar-refractivity contribution in [2.24, 2.45) is 0 Å². The van der Waals surface area contributed by atoms with Crippen molar-refractivity contribution in [3.63, 3.8) is 0 Å². The number of ether oxygens (including phenoxy) is 2. The lowest BCUT2D eigenvalue weighted by Gasteiger charge is -2.05. The summed E-state index contributed by atoms with van der Waals surface area (Å²) in [5.74, 6) is 3.09. The van der Waals surface area contributed by atoms with Gasteiger partial charge in [-0.15, -0.1) is 0 Å². The van der Waals surface area contributed by atoms with Crippen LogP contribution in [-0.2, 0) is 5.75 Å². The number of benzene rings is 2. The van der Waals surface area contributed by atoms with Gasteiger partial charge >= 0.3 is 0 Å². The second kappa shape index (κ2) is 7.71. The average molecular weight is 382 g/mol. The van der Waals surface area contributed by atoms with E-state index in [9.17, 15) is 0 Å². The molecule has 0 amide bonds. The van der Waals surface area contributed by atoms with Gasteiger partial charge in [0, 0.05) is 6.07 Å². The van der Waals surface area contributed by atoms with Crippen molar-refractivity contribution >= 4 is 22.8 Å². The Morgan fingerprint density at radius 1 is 1.15 bits per heavy atom. The third-order valence-corrected chi connectivity index (χ3v) is 4.75. The number of methoxy groups -OCH3 is 1. The van der Waals surface area contributed by atoms with Crippen LogP contribution < -0.4 is 9.47 Å². The summed E-state index contributed by atoms with van der Waals surface area (Å²) in [4.78, 5) is 12.3. The van der Waals surface area contributed by atoms with Crippen LogP contribution in [0.1, 0.15) is 12.8 Å². The van der Waals surface area contributed by atoms with Crippen molar-refractivity contribution in [3.05, 3.63) is 48.4 Å². The van der Waals surface area contributed by atoms with Gasteiger partial charge in [-0.3, -0.25) is 0 Å². The molecule has 0 radical (unpaired) electrons. The third-order valence-electron chi connectivity index (χ3n) is 3.90. The summed E-state index contributed by atoms with van der Waals surface area (Å²) in [7, 11) is 1.64. The molecule has 0 saturated carbocycles. The van der Waals surface area contributed by atoms with Crippen LogP contribution in [0.2, 0.25) is 0 Å². The van der Waals surface area contributed by atoms with E-state index in [0.29, 0.717) is 24.1 Å². The molecular formula is C19H18N4O3S. The zero-order valence-corrected chi connectivity index (χ0v) is 15.7. The summed E-state index contributed by atoms with van der Waals surface area (Å²) < 4.78 is 16.3. The number of nitrogens with zero attached hydrogens (tertiary/aromatic N) is 3. The number of rotatable bonds is 7. The van der Waals surface area contributed by atoms with E-state index < -0.39 is 0 Å². The molecule has 4 aromatic rings. The summed E-state index contributed by atoms with van der Waals surface area (Å²) in [6, 6.07) is 13.4. The molecule has 27 heavy (non-hydrogen) atoms. The van der Waals surface area contributed by atoms with Crippen molar-refractivity contribution in [2.45, 2.75) is 17.8 Å². The van der Waals surface area contributed by atoms with Gasteiger partial charge in [-0.25, -0.2) is 4.98 Å². The van der Waals surface area contributed by atoms with E-state index in [0.717, 1.165) is 33.3 Å². The highest BCUT2D eigenvalue weighted by atomic mass is 32.2. The van der Waals surface area contributed by atoms with Gasteiger partial charge < -0.3 is 19.0 Å². The van der Waals surface area contributed by atoms with E-state index in [1.54, 1.807) is 7.11 Å². The first-order chi connectivity index (χ1) is 13.3. The fourth-order valence-corrected chi connectivity index (χ4v) is 3.37. The molecule has 7 nitrogen and oxygen atoms in total. The molecule has 0 unspecified atom stereocenters. The number of imidazole rings is 1. The van der Waals surface area contributed by atoms with E-state index in [-0.39, 0.29) is 0 Å². The molecule has 0 spiro atoms. The van der Waals surface area contributed by atoms with Gasteiger partial charge in [-0.2, -0.15) is 4.98 Å². The normalized spacial score (nSPS) is 11.0. The van der Waals surface area contributed by atoms with Gasteiger partial charge in [0.05, 0.1) is 36.1 Å². The first-order valence-corrected chi connectivity index (χ1v) is 9.46. The largest absolute Gasteiger partial charge is 0.497 e. The molecule has 4 rings (SSSR count). The van der Waals surface area contributed by atoms with Crippen LogP contribution in [0.25, 0.3) is 22.4 Å². The van der Waals surface area contributed by atoms with Crippen LogP contribution in [0.3, 0.4) is 0 Å². The zero-order chi connectivity index (χ0) is 18.6. The van der Waals surface area contributed by atoms with E-state index >= 15 is 0 Å². The summed E-state index contributed by atoms with van der Waals surface area (Å²) in [5.41, 5.74) is 2.62. The van der Waals surface area contributed by atoms with Crippen LogP contribution in [0.15, 0.2) is 52.1 Å². The molecule has 0 aliphatic rings. The van der Waals surface area contributed by atoms with Crippen molar-refractivity contribution < 1.29 is 14.0 Å². The highest BCUT2D eigenvalue weighted by molar-refractivity contribution is 7.98. The number of H-pyrrole nitrogens is 1. The minimum atomic E-state index is 0.515. The lowest BCUT2D eigenvalue weighted by molar-refractivity contribution is 0.341. The number of hydrogen-bond donors (Lipinski definition) is 1. The standard InChI is InChI=1S/C19H18N4O3S/c1-3-25-16-7-5-4-6-13(16)18-22-17(26-23-18)11-27-19-20-14-9-8-12(24-2)10-15(14)21-19/h4-10H,3,11H2,1-2H3,(H,20,21). The van der Waals surface area contributed by atoms with Gasteiger partial charge in [0.1, 0.15) is 11.5 Å². The van der Waals surface area contributed by atoms with E-state index in [4.69, 9.17) is 14.0 Å². The minimum absolute atomic E-state index is 0.515. The van der Waals surface area contributed by atoms with Crippen molar-refractivity contribution in [1.29, 1.82) is 0 Å². The van der Waals surface area contributed by atoms with Crippen LogP contribution in [0.4, 0.5) is 0 Å². The fraction of sp³-hybridized carbons (Fsp3) is 0.211. The maximum Gasteiger partial charge on any atom is 0.237 e. The Morgan fingerprint density at radius 2 is 2.04 bits per heavy atom.